The number of rotatable bonds is 6. The molecule has 1 aromatic carbocycles. The third-order valence-electron chi connectivity index (χ3n) is 3.10. The van der Waals surface area contributed by atoms with E-state index in [1.807, 2.05) is 40.0 Å². The van der Waals surface area contributed by atoms with Gasteiger partial charge < -0.3 is 5.32 Å². The zero-order valence-electron chi connectivity index (χ0n) is 13.4. The minimum atomic E-state index is -0.182. The van der Waals surface area contributed by atoms with Crippen LogP contribution in [0.25, 0.3) is 0 Å². The Balaban J connectivity index is 3.17. The van der Waals surface area contributed by atoms with E-state index in [1.165, 1.54) is 5.01 Å². The number of nitrogens with one attached hydrogen (secondary N) is 1. The van der Waals surface area contributed by atoms with Crippen molar-refractivity contribution in [1.82, 2.24) is 5.01 Å². The molecule has 0 aromatic heterocycles. The van der Waals surface area contributed by atoms with Gasteiger partial charge in [-0.3, -0.25) is 4.79 Å². The van der Waals surface area contributed by atoms with Crippen molar-refractivity contribution >= 4 is 28.9 Å². The summed E-state index contributed by atoms with van der Waals surface area (Å²) in [5, 5.41) is 18.2. The molecule has 118 valence electrons. The molecule has 0 spiro atoms. The molecule has 0 fully saturated rings. The topological polar surface area (TPSA) is 68.5 Å². The molecule has 1 rings (SSSR count). The van der Waals surface area contributed by atoms with E-state index in [2.05, 4.69) is 10.4 Å². The van der Waals surface area contributed by atoms with Gasteiger partial charge >= 0.3 is 0 Å². The normalized spacial score (nSPS) is 11.2. The second-order valence-corrected chi connectivity index (χ2v) is 5.59. The molecule has 0 heterocycles. The molecule has 0 radical (unpaired) electrons. The molecule has 0 unspecified atom stereocenters. The fourth-order valence-corrected chi connectivity index (χ4v) is 2.10. The predicted octanol–water partition coefficient (Wildman–Crippen LogP) is 3.50. The summed E-state index contributed by atoms with van der Waals surface area (Å²) < 4.78 is 0. The van der Waals surface area contributed by atoms with Crippen LogP contribution in [0, 0.1) is 17.2 Å². The summed E-state index contributed by atoms with van der Waals surface area (Å²) in [5.74, 6) is -0.291. The van der Waals surface area contributed by atoms with Crippen molar-refractivity contribution in [2.75, 3.05) is 18.9 Å². The molecule has 1 N–H and O–H groups in total. The summed E-state index contributed by atoms with van der Waals surface area (Å²) in [5.41, 5.74) is 2.37. The molecule has 0 bridgehead atoms. The second kappa shape index (κ2) is 8.40. The predicted molar refractivity (Wildman–Crippen MR) is 90.0 cm³/mol. The van der Waals surface area contributed by atoms with Crippen LogP contribution in [-0.4, -0.2) is 30.2 Å². The molecule has 22 heavy (non-hydrogen) atoms. The van der Waals surface area contributed by atoms with Crippen molar-refractivity contribution in [2.24, 2.45) is 11.0 Å². The molecule has 0 aliphatic carbocycles. The number of carbonyl (C=O) groups excluding carboxylic acids is 1. The Hall–Kier alpha value is -2.06. The number of nitrogens with zero attached hydrogens (tertiary/aromatic N) is 3. The molecule has 0 saturated carbocycles. The van der Waals surface area contributed by atoms with Crippen molar-refractivity contribution in [2.45, 2.75) is 27.2 Å². The first kappa shape index (κ1) is 18.0. The van der Waals surface area contributed by atoms with Gasteiger partial charge in [0.15, 0.2) is 0 Å². The number of amides is 1. The molecular weight excluding hydrogens is 300 g/mol. The lowest BCUT2D eigenvalue weighted by atomic mass is 10.1. The Labute approximate surface area is 136 Å². The minimum Gasteiger partial charge on any atom is -0.388 e. The Morgan fingerprint density at radius 2 is 2.18 bits per heavy atom. The third kappa shape index (κ3) is 4.74. The number of hydrazone groups is 1. The van der Waals surface area contributed by atoms with Crippen molar-refractivity contribution in [3.05, 3.63) is 28.8 Å². The first-order chi connectivity index (χ1) is 10.4. The highest BCUT2D eigenvalue weighted by Gasteiger charge is 2.17. The average Bonchev–Trinajstić information content (AvgIpc) is 2.50. The highest BCUT2D eigenvalue weighted by atomic mass is 35.5. The maximum Gasteiger partial charge on any atom is 0.245 e. The lowest BCUT2D eigenvalue weighted by Gasteiger charge is -2.20. The number of halogens is 1. The van der Waals surface area contributed by atoms with Crippen LogP contribution in [0.1, 0.15) is 32.8 Å². The van der Waals surface area contributed by atoms with Gasteiger partial charge in [-0.2, -0.15) is 10.4 Å². The molecule has 5 nitrogen and oxygen atoms in total. The Morgan fingerprint density at radius 1 is 1.50 bits per heavy atom. The van der Waals surface area contributed by atoms with E-state index >= 15 is 0 Å². The summed E-state index contributed by atoms with van der Waals surface area (Å²) in [6.07, 6.45) is 0.240. The van der Waals surface area contributed by atoms with E-state index < -0.39 is 0 Å². The number of anilines is 1. The molecule has 1 aromatic rings. The average molecular weight is 321 g/mol. The zero-order valence-corrected chi connectivity index (χ0v) is 14.1. The number of nitriles is 1. The third-order valence-corrected chi connectivity index (χ3v) is 3.33. The number of benzene rings is 1. The minimum absolute atomic E-state index is 0.109. The number of hydrogen-bond donors (Lipinski definition) is 1. The van der Waals surface area contributed by atoms with E-state index in [4.69, 9.17) is 16.9 Å². The van der Waals surface area contributed by atoms with Crippen molar-refractivity contribution in [3.8, 4) is 6.07 Å². The van der Waals surface area contributed by atoms with Crippen LogP contribution < -0.4 is 5.32 Å². The van der Waals surface area contributed by atoms with Crippen molar-refractivity contribution in [1.29, 1.82) is 5.26 Å². The smallest absolute Gasteiger partial charge is 0.245 e. The lowest BCUT2D eigenvalue weighted by Crippen LogP contribution is -2.31. The lowest BCUT2D eigenvalue weighted by molar-refractivity contribution is -0.134. The van der Waals surface area contributed by atoms with Crippen LogP contribution in [0.2, 0.25) is 5.02 Å². The molecular formula is C16H21ClN4O. The molecule has 0 aliphatic rings. The van der Waals surface area contributed by atoms with E-state index in [1.54, 1.807) is 12.1 Å². The van der Waals surface area contributed by atoms with Crippen LogP contribution in [0.5, 0.6) is 0 Å². The Kier molecular flexibility index (Phi) is 6.87. The molecule has 0 atom stereocenters. The van der Waals surface area contributed by atoms with Crippen LogP contribution in [0.15, 0.2) is 23.3 Å². The van der Waals surface area contributed by atoms with E-state index in [0.717, 1.165) is 11.3 Å². The molecule has 6 heteroatoms. The maximum atomic E-state index is 12.2. The standard InChI is InChI=1S/C16H21ClN4O/c1-11(2)16(22)21(9-5-8-18)20-12(3)14-10-13(17)6-7-15(14)19-4/h6-7,10-11,19H,5,9H2,1-4H3/b20-12-. The fraction of sp³-hybridized carbons (Fsp3) is 0.438. The van der Waals surface area contributed by atoms with Gasteiger partial charge in [0.05, 0.1) is 24.7 Å². The van der Waals surface area contributed by atoms with Gasteiger partial charge in [0.2, 0.25) is 5.91 Å². The Bertz CT molecular complexity index is 605. The van der Waals surface area contributed by atoms with E-state index in [9.17, 15) is 4.79 Å². The highest BCUT2D eigenvalue weighted by molar-refractivity contribution is 6.31. The number of hydrogen-bond acceptors (Lipinski definition) is 4. The summed E-state index contributed by atoms with van der Waals surface area (Å²) in [6.45, 7) is 5.72. The zero-order chi connectivity index (χ0) is 16.7. The molecule has 0 saturated heterocycles. The number of carbonyl (C=O) groups is 1. The van der Waals surface area contributed by atoms with Gasteiger partial charge in [-0.15, -0.1) is 0 Å². The first-order valence-corrected chi connectivity index (χ1v) is 7.49. The van der Waals surface area contributed by atoms with Crippen LogP contribution >= 0.6 is 11.6 Å². The Morgan fingerprint density at radius 3 is 2.73 bits per heavy atom. The summed E-state index contributed by atoms with van der Waals surface area (Å²) in [7, 11) is 1.81. The SMILES string of the molecule is CNc1ccc(Cl)cc1/C(C)=N\N(CCC#N)C(=O)C(C)C. The van der Waals surface area contributed by atoms with E-state index in [-0.39, 0.29) is 24.8 Å². The molecule has 1 amide bonds. The van der Waals surface area contributed by atoms with Gasteiger partial charge in [0.25, 0.3) is 0 Å². The quantitative estimate of drug-likeness (QED) is 0.644. The van der Waals surface area contributed by atoms with Gasteiger partial charge in [-0.25, -0.2) is 5.01 Å². The summed E-state index contributed by atoms with van der Waals surface area (Å²) in [6, 6.07) is 7.49. The monoisotopic (exact) mass is 320 g/mol. The van der Waals surface area contributed by atoms with Gasteiger partial charge in [0, 0.05) is 29.2 Å². The fourth-order valence-electron chi connectivity index (χ4n) is 1.93. The molecule has 0 aliphatic heterocycles. The largest absolute Gasteiger partial charge is 0.388 e. The highest BCUT2D eigenvalue weighted by Crippen LogP contribution is 2.21. The first-order valence-electron chi connectivity index (χ1n) is 7.12. The second-order valence-electron chi connectivity index (χ2n) is 5.15. The summed E-state index contributed by atoms with van der Waals surface area (Å²) in [4.78, 5) is 12.2. The van der Waals surface area contributed by atoms with Crippen LogP contribution in [0.4, 0.5) is 5.69 Å². The van der Waals surface area contributed by atoms with Gasteiger partial charge in [0.1, 0.15) is 0 Å². The van der Waals surface area contributed by atoms with Crippen molar-refractivity contribution < 1.29 is 4.79 Å². The van der Waals surface area contributed by atoms with Gasteiger partial charge in [-0.05, 0) is 25.1 Å². The van der Waals surface area contributed by atoms with Crippen molar-refractivity contribution in [3.63, 3.8) is 0 Å². The van der Waals surface area contributed by atoms with Gasteiger partial charge in [-0.1, -0.05) is 25.4 Å². The maximum absolute atomic E-state index is 12.2. The van der Waals surface area contributed by atoms with Crippen LogP contribution in [-0.2, 0) is 4.79 Å². The van der Waals surface area contributed by atoms with E-state index in [0.29, 0.717) is 10.7 Å². The summed E-state index contributed by atoms with van der Waals surface area (Å²) >= 11 is 6.04. The van der Waals surface area contributed by atoms with Crippen LogP contribution in [0.3, 0.4) is 0 Å².